The number of ether oxygens (including phenoxy) is 2. The van der Waals surface area contributed by atoms with Crippen molar-refractivity contribution in [3.8, 4) is 0 Å². The number of hydrogen-bond donors (Lipinski definition) is 3. The van der Waals surface area contributed by atoms with Crippen LogP contribution >= 0.6 is 0 Å². The van der Waals surface area contributed by atoms with E-state index < -0.39 is 24.5 Å². The Kier molecular flexibility index (Phi) is 8.72. The normalized spacial score (nSPS) is 19.1. The Balaban J connectivity index is 1.27. The van der Waals surface area contributed by atoms with Gasteiger partial charge in [0.25, 0.3) is 12.4 Å². The highest BCUT2D eigenvalue weighted by Crippen LogP contribution is 2.41. The molecule has 0 radical (unpaired) electrons. The van der Waals surface area contributed by atoms with Gasteiger partial charge in [-0.25, -0.2) is 9.37 Å². The van der Waals surface area contributed by atoms with Gasteiger partial charge < -0.3 is 29.7 Å². The topological polar surface area (TPSA) is 162 Å². The predicted octanol–water partition coefficient (Wildman–Crippen LogP) is 5.07. The van der Waals surface area contributed by atoms with E-state index in [4.69, 9.17) is 24.0 Å². The van der Waals surface area contributed by atoms with Gasteiger partial charge >= 0.3 is 0 Å². The average molecular weight is 651 g/mol. The number of rotatable bonds is 12. The van der Waals surface area contributed by atoms with E-state index in [1.54, 1.807) is 12.1 Å². The van der Waals surface area contributed by atoms with Crippen LogP contribution in [0.3, 0.4) is 0 Å². The molecule has 1 fully saturated rings. The number of hydrogen-bond acceptors (Lipinski definition) is 12. The molecule has 0 spiro atoms. The molecule has 3 aromatic heterocycles. The third kappa shape index (κ3) is 6.18. The van der Waals surface area contributed by atoms with Crippen LogP contribution in [0.4, 0.5) is 21.8 Å². The molecule has 13 nitrogen and oxygen atoms in total. The van der Waals surface area contributed by atoms with E-state index in [1.165, 1.54) is 23.0 Å². The number of carbonyl (C=O) groups excluding carboxylic acids is 1. The summed E-state index contributed by atoms with van der Waals surface area (Å²) in [5.74, 6) is 0.684. The summed E-state index contributed by atoms with van der Waals surface area (Å²) in [5.41, 5.74) is 3.48. The second kappa shape index (κ2) is 13.6. The zero-order valence-electron chi connectivity index (χ0n) is 25.7. The molecule has 3 N–H and O–H groups in total. The molecule has 7 rings (SSSR count). The molecule has 0 bridgehead atoms. The lowest BCUT2D eigenvalue weighted by molar-refractivity contribution is -0.140. The van der Waals surface area contributed by atoms with E-state index in [1.807, 2.05) is 43.3 Å². The van der Waals surface area contributed by atoms with Crippen LogP contribution in [0, 0.1) is 5.82 Å². The highest BCUT2D eigenvalue weighted by atomic mass is 19.1. The largest absolute Gasteiger partial charge is 0.458 e. The number of fused-ring (bicyclic) bond motifs is 1. The zero-order valence-corrected chi connectivity index (χ0v) is 25.7. The Morgan fingerprint density at radius 1 is 1.00 bits per heavy atom. The van der Waals surface area contributed by atoms with Crippen LogP contribution in [0.25, 0.3) is 11.2 Å². The Bertz CT molecular complexity index is 1950. The molecule has 0 unspecified atom stereocenters. The molecule has 4 heterocycles. The molecule has 244 valence electrons. The Morgan fingerprint density at radius 2 is 1.71 bits per heavy atom. The lowest BCUT2D eigenvalue weighted by atomic mass is 9.91. The van der Waals surface area contributed by atoms with Crippen molar-refractivity contribution in [2.45, 2.75) is 43.8 Å². The fraction of sp³-hybridized carbons (Fsp3) is 0.235. The monoisotopic (exact) mass is 650 g/mol. The lowest BCUT2D eigenvalue weighted by Crippen LogP contribution is -2.31. The van der Waals surface area contributed by atoms with Gasteiger partial charge in [0.05, 0.1) is 6.33 Å². The highest BCUT2D eigenvalue weighted by Gasteiger charge is 2.50. The summed E-state index contributed by atoms with van der Waals surface area (Å²) < 4.78 is 32.0. The molecular weight excluding hydrogens is 619 g/mol. The number of aryl methyl sites for hydroxylation is 1. The summed E-state index contributed by atoms with van der Waals surface area (Å²) in [4.78, 5) is 29.8. The average Bonchev–Trinajstić information content (AvgIpc) is 3.85. The summed E-state index contributed by atoms with van der Waals surface area (Å²) in [7, 11) is 0. The van der Waals surface area contributed by atoms with Crippen molar-refractivity contribution in [2.24, 2.45) is 0 Å². The third-order valence-corrected chi connectivity index (χ3v) is 8.14. The van der Waals surface area contributed by atoms with Crippen LogP contribution < -0.4 is 10.6 Å². The predicted molar refractivity (Wildman–Crippen MR) is 172 cm³/mol. The summed E-state index contributed by atoms with van der Waals surface area (Å²) in [6.07, 6.45) is -2.67. The molecule has 1 saturated heterocycles. The Hall–Kier alpha value is -5.73. The van der Waals surface area contributed by atoms with Gasteiger partial charge in [0.15, 0.2) is 41.2 Å². The van der Waals surface area contributed by atoms with E-state index in [0.29, 0.717) is 41.5 Å². The first-order chi connectivity index (χ1) is 23.5. The van der Waals surface area contributed by atoms with E-state index in [-0.39, 0.29) is 30.0 Å². The van der Waals surface area contributed by atoms with Crippen molar-refractivity contribution in [1.29, 1.82) is 0 Å². The first kappa shape index (κ1) is 30.9. The molecule has 1 aliphatic heterocycles. The van der Waals surface area contributed by atoms with E-state index in [9.17, 15) is 14.3 Å². The number of anilines is 3. The number of halogens is 1. The first-order valence-corrected chi connectivity index (χ1v) is 15.4. The number of carbonyl (C=O) groups is 1. The van der Waals surface area contributed by atoms with Gasteiger partial charge in [-0.3, -0.25) is 9.36 Å². The maximum Gasteiger partial charge on any atom is 0.293 e. The number of aromatic nitrogens is 6. The maximum atomic E-state index is 13.7. The fourth-order valence-electron chi connectivity index (χ4n) is 5.76. The molecule has 14 heteroatoms. The molecular formula is C34H31FN8O5. The van der Waals surface area contributed by atoms with Crippen molar-refractivity contribution < 1.29 is 28.3 Å². The number of aliphatic hydroxyl groups is 1. The van der Waals surface area contributed by atoms with Crippen molar-refractivity contribution in [3.05, 3.63) is 120 Å². The van der Waals surface area contributed by atoms with Crippen LogP contribution in [-0.4, -0.2) is 60.0 Å². The summed E-state index contributed by atoms with van der Waals surface area (Å²) in [6, 6.07) is 26.0. The van der Waals surface area contributed by atoms with Crippen molar-refractivity contribution in [1.82, 2.24) is 29.7 Å². The van der Waals surface area contributed by atoms with E-state index in [2.05, 4.69) is 50.0 Å². The van der Waals surface area contributed by atoms with Crippen LogP contribution in [0.1, 0.15) is 48.0 Å². The maximum absolute atomic E-state index is 13.7. The summed E-state index contributed by atoms with van der Waals surface area (Å²) in [6.45, 7) is 2.56. The van der Waals surface area contributed by atoms with Crippen LogP contribution in [0.15, 0.2) is 95.8 Å². The standard InChI is InChI=1S/C34H31FN8O5/c1-2-25-39-32(48-42-25)29-28(46-19-44)27(45)33(47-29)43-18-37-26-30(40-34(41-31(26)43)38-23-15-13-22(35)14-16-23)36-17-24(20-9-5-3-6-10-20)21-11-7-4-8-12-21/h3-16,18-19,24,27-29,33,45H,2,17H2,1H3,(H2,36,38,40,41)/t27-,28+,29+,33-/m1/s1. The van der Waals surface area contributed by atoms with Gasteiger partial charge in [-0.1, -0.05) is 72.7 Å². The molecule has 3 aromatic carbocycles. The lowest BCUT2D eigenvalue weighted by Gasteiger charge is -2.20. The molecule has 4 atom stereocenters. The smallest absolute Gasteiger partial charge is 0.293 e. The summed E-state index contributed by atoms with van der Waals surface area (Å²) >= 11 is 0. The summed E-state index contributed by atoms with van der Waals surface area (Å²) in [5, 5.41) is 21.9. The van der Waals surface area contributed by atoms with Gasteiger partial charge in [0, 0.05) is 24.6 Å². The second-order valence-corrected chi connectivity index (χ2v) is 11.1. The Morgan fingerprint density at radius 3 is 2.35 bits per heavy atom. The van der Waals surface area contributed by atoms with Crippen molar-refractivity contribution >= 4 is 35.1 Å². The van der Waals surface area contributed by atoms with Gasteiger partial charge in [0.1, 0.15) is 11.9 Å². The number of nitrogens with zero attached hydrogens (tertiary/aromatic N) is 6. The number of aliphatic hydroxyl groups excluding tert-OH is 1. The van der Waals surface area contributed by atoms with Crippen molar-refractivity contribution in [3.63, 3.8) is 0 Å². The molecule has 0 aliphatic carbocycles. The highest BCUT2D eigenvalue weighted by molar-refractivity contribution is 5.85. The van der Waals surface area contributed by atoms with Gasteiger partial charge in [-0.15, -0.1) is 0 Å². The third-order valence-electron chi connectivity index (χ3n) is 8.14. The Labute approximate surface area is 273 Å². The fourth-order valence-corrected chi connectivity index (χ4v) is 5.76. The minimum absolute atomic E-state index is 0.0302. The second-order valence-electron chi connectivity index (χ2n) is 11.1. The molecule has 0 saturated carbocycles. The van der Waals surface area contributed by atoms with E-state index >= 15 is 0 Å². The number of nitrogens with one attached hydrogen (secondary N) is 2. The zero-order chi connectivity index (χ0) is 33.0. The SMILES string of the molecule is CCc1noc([C@H]2O[C@@H](n3cnc4c(NCC(c5ccccc5)c5ccccc5)nc(Nc5ccc(F)cc5)nc43)[C@H](O)[C@@H]2OC=O)n1. The van der Waals surface area contributed by atoms with Crippen LogP contribution in [0.2, 0.25) is 0 Å². The quantitative estimate of drug-likeness (QED) is 0.151. The molecule has 0 amide bonds. The number of imidazole rings is 1. The molecule has 48 heavy (non-hydrogen) atoms. The molecule has 1 aliphatic rings. The minimum Gasteiger partial charge on any atom is -0.458 e. The van der Waals surface area contributed by atoms with Gasteiger partial charge in [-0.2, -0.15) is 15.0 Å². The van der Waals surface area contributed by atoms with Crippen LogP contribution in [0.5, 0.6) is 0 Å². The minimum atomic E-state index is -1.35. The van der Waals surface area contributed by atoms with E-state index in [0.717, 1.165) is 11.1 Å². The van der Waals surface area contributed by atoms with Gasteiger partial charge in [-0.05, 0) is 35.4 Å². The van der Waals surface area contributed by atoms with Gasteiger partial charge in [0.2, 0.25) is 5.95 Å². The molecule has 6 aromatic rings. The van der Waals surface area contributed by atoms with Crippen molar-refractivity contribution in [2.75, 3.05) is 17.2 Å². The first-order valence-electron chi connectivity index (χ1n) is 15.4. The van der Waals surface area contributed by atoms with Crippen LogP contribution in [-0.2, 0) is 20.7 Å². The number of benzene rings is 3.